The third-order valence-electron chi connectivity index (χ3n) is 5.74. The number of rotatable bonds is 6. The molecule has 2 atom stereocenters. The lowest BCUT2D eigenvalue weighted by atomic mass is 9.97. The Hall–Kier alpha value is -2.21. The second-order valence-corrected chi connectivity index (χ2v) is 8.09. The molecule has 4 rings (SSSR count). The van der Waals surface area contributed by atoms with E-state index in [1.807, 2.05) is 0 Å². The third-order valence-corrected chi connectivity index (χ3v) is 6.10. The van der Waals surface area contributed by atoms with E-state index in [0.717, 1.165) is 42.9 Å². The SMILES string of the molecule is O=c1c(Cl)c(NCC(C2CCOC2)N2CCOCC2)cnn1-c1ccc(C(F)(F)F)cn1. The molecular formula is C20H23ClF3N5O3. The first-order valence-electron chi connectivity index (χ1n) is 10.3. The molecule has 174 valence electrons. The predicted octanol–water partition coefficient (Wildman–Crippen LogP) is 2.45. The molecule has 32 heavy (non-hydrogen) atoms. The van der Waals surface area contributed by atoms with Crippen molar-refractivity contribution in [3.63, 3.8) is 0 Å². The van der Waals surface area contributed by atoms with E-state index < -0.39 is 17.3 Å². The minimum absolute atomic E-state index is 0.0502. The number of alkyl halides is 3. The molecule has 0 aromatic carbocycles. The summed E-state index contributed by atoms with van der Waals surface area (Å²) in [4.78, 5) is 18.7. The van der Waals surface area contributed by atoms with Gasteiger partial charge in [-0.15, -0.1) is 0 Å². The Bertz CT molecular complexity index is 974. The average molecular weight is 474 g/mol. The third kappa shape index (κ3) is 5.06. The van der Waals surface area contributed by atoms with Crippen LogP contribution >= 0.6 is 11.6 Å². The van der Waals surface area contributed by atoms with E-state index >= 15 is 0 Å². The molecule has 0 spiro atoms. The standard InChI is InChI=1S/C20H23ClF3N5O3/c21-18-15(25-11-16(13-3-6-32-12-13)28-4-7-31-8-5-28)10-27-29(19(18)30)17-2-1-14(9-26-17)20(22,23)24/h1-2,9-10,13,16,25H,3-8,11-12H2. The zero-order valence-electron chi connectivity index (χ0n) is 17.1. The molecule has 2 aliphatic rings. The van der Waals surface area contributed by atoms with E-state index in [0.29, 0.717) is 44.2 Å². The van der Waals surface area contributed by atoms with Crippen LogP contribution in [0.15, 0.2) is 29.3 Å². The highest BCUT2D eigenvalue weighted by Gasteiger charge is 2.32. The van der Waals surface area contributed by atoms with Crippen LogP contribution in [0.1, 0.15) is 12.0 Å². The normalized spacial score (nSPS) is 20.9. The van der Waals surface area contributed by atoms with Gasteiger partial charge in [0.05, 0.1) is 37.3 Å². The lowest BCUT2D eigenvalue weighted by Gasteiger charge is -2.37. The van der Waals surface area contributed by atoms with E-state index in [1.54, 1.807) is 0 Å². The second kappa shape index (κ2) is 9.74. The summed E-state index contributed by atoms with van der Waals surface area (Å²) in [6.45, 7) is 4.91. The Morgan fingerprint density at radius 1 is 1.19 bits per heavy atom. The largest absolute Gasteiger partial charge is 0.417 e. The number of nitrogens with zero attached hydrogens (tertiary/aromatic N) is 4. The molecule has 0 radical (unpaired) electrons. The van der Waals surface area contributed by atoms with E-state index in [9.17, 15) is 18.0 Å². The van der Waals surface area contributed by atoms with Gasteiger partial charge in [0, 0.05) is 44.4 Å². The van der Waals surface area contributed by atoms with Crippen LogP contribution in [0.2, 0.25) is 5.02 Å². The fraction of sp³-hybridized carbons (Fsp3) is 0.550. The van der Waals surface area contributed by atoms with Gasteiger partial charge in [0.25, 0.3) is 5.56 Å². The quantitative estimate of drug-likeness (QED) is 0.690. The molecule has 2 fully saturated rings. The Morgan fingerprint density at radius 3 is 2.59 bits per heavy atom. The number of hydrogen-bond donors (Lipinski definition) is 1. The summed E-state index contributed by atoms with van der Waals surface area (Å²) in [5.74, 6) is 0.301. The number of morpholine rings is 1. The van der Waals surface area contributed by atoms with Crippen molar-refractivity contribution < 1.29 is 22.6 Å². The van der Waals surface area contributed by atoms with Crippen LogP contribution in [0.5, 0.6) is 0 Å². The molecule has 12 heteroatoms. The van der Waals surface area contributed by atoms with Crippen molar-refractivity contribution in [2.24, 2.45) is 5.92 Å². The number of ether oxygens (including phenoxy) is 2. The number of pyridine rings is 1. The molecule has 0 bridgehead atoms. The molecule has 2 saturated heterocycles. The van der Waals surface area contributed by atoms with E-state index in [1.165, 1.54) is 6.20 Å². The molecule has 2 aromatic heterocycles. The minimum Gasteiger partial charge on any atom is -0.381 e. The van der Waals surface area contributed by atoms with E-state index in [2.05, 4.69) is 20.3 Å². The highest BCUT2D eigenvalue weighted by Crippen LogP contribution is 2.29. The van der Waals surface area contributed by atoms with Gasteiger partial charge in [-0.2, -0.15) is 23.0 Å². The summed E-state index contributed by atoms with van der Waals surface area (Å²) in [6, 6.07) is 2.10. The van der Waals surface area contributed by atoms with E-state index in [4.69, 9.17) is 21.1 Å². The second-order valence-electron chi connectivity index (χ2n) is 7.71. The van der Waals surface area contributed by atoms with Gasteiger partial charge in [0.2, 0.25) is 0 Å². The molecule has 2 aromatic rings. The van der Waals surface area contributed by atoms with Crippen LogP contribution in [-0.4, -0.2) is 71.8 Å². The highest BCUT2D eigenvalue weighted by atomic mass is 35.5. The number of nitrogens with one attached hydrogen (secondary N) is 1. The summed E-state index contributed by atoms with van der Waals surface area (Å²) in [5, 5.41) is 7.16. The van der Waals surface area contributed by atoms with Crippen molar-refractivity contribution in [3.8, 4) is 5.82 Å². The molecule has 1 N–H and O–H groups in total. The smallest absolute Gasteiger partial charge is 0.381 e. The molecule has 2 aliphatic heterocycles. The maximum atomic E-state index is 12.7. The lowest BCUT2D eigenvalue weighted by molar-refractivity contribution is -0.137. The van der Waals surface area contributed by atoms with Crippen molar-refractivity contribution in [2.45, 2.75) is 18.6 Å². The lowest BCUT2D eigenvalue weighted by Crippen LogP contribution is -2.50. The number of hydrogen-bond acceptors (Lipinski definition) is 7. The van der Waals surface area contributed by atoms with Gasteiger partial charge >= 0.3 is 6.18 Å². The van der Waals surface area contributed by atoms with Gasteiger partial charge in [-0.3, -0.25) is 9.69 Å². The first-order valence-corrected chi connectivity index (χ1v) is 10.7. The van der Waals surface area contributed by atoms with Gasteiger partial charge in [-0.25, -0.2) is 4.98 Å². The summed E-state index contributed by atoms with van der Waals surface area (Å²) in [7, 11) is 0. The molecule has 2 unspecified atom stereocenters. The number of aromatic nitrogens is 3. The van der Waals surface area contributed by atoms with Crippen molar-refractivity contribution in [1.29, 1.82) is 0 Å². The zero-order chi connectivity index (χ0) is 22.7. The highest BCUT2D eigenvalue weighted by molar-refractivity contribution is 6.32. The van der Waals surface area contributed by atoms with Crippen molar-refractivity contribution >= 4 is 17.3 Å². The van der Waals surface area contributed by atoms with Gasteiger partial charge in [-0.05, 0) is 18.6 Å². The summed E-state index contributed by atoms with van der Waals surface area (Å²) in [5.41, 5.74) is -1.23. The zero-order valence-corrected chi connectivity index (χ0v) is 17.9. The fourth-order valence-corrected chi connectivity index (χ4v) is 4.17. The monoisotopic (exact) mass is 473 g/mol. The first kappa shape index (κ1) is 23.0. The fourth-order valence-electron chi connectivity index (χ4n) is 3.97. The molecule has 0 saturated carbocycles. The van der Waals surface area contributed by atoms with Crippen molar-refractivity contribution in [1.82, 2.24) is 19.7 Å². The van der Waals surface area contributed by atoms with Crippen LogP contribution in [0, 0.1) is 5.92 Å². The van der Waals surface area contributed by atoms with Crippen LogP contribution < -0.4 is 10.9 Å². The Kier molecular flexibility index (Phi) is 6.99. The maximum Gasteiger partial charge on any atom is 0.417 e. The van der Waals surface area contributed by atoms with Crippen LogP contribution in [0.25, 0.3) is 5.82 Å². The summed E-state index contributed by atoms with van der Waals surface area (Å²) < 4.78 is 50.1. The predicted molar refractivity (Wildman–Crippen MR) is 111 cm³/mol. The first-order chi connectivity index (χ1) is 15.3. The number of halogens is 4. The molecule has 0 aliphatic carbocycles. The Morgan fingerprint density at radius 2 is 1.97 bits per heavy atom. The minimum atomic E-state index is -4.52. The maximum absolute atomic E-state index is 12.7. The molecule has 4 heterocycles. The number of anilines is 1. The Balaban J connectivity index is 1.50. The van der Waals surface area contributed by atoms with Gasteiger partial charge < -0.3 is 14.8 Å². The Labute approximate surface area is 187 Å². The summed E-state index contributed by atoms with van der Waals surface area (Å²) in [6.07, 6.45) is -1.53. The van der Waals surface area contributed by atoms with Crippen LogP contribution in [-0.2, 0) is 15.7 Å². The molecule has 8 nitrogen and oxygen atoms in total. The van der Waals surface area contributed by atoms with E-state index in [-0.39, 0.29) is 16.9 Å². The summed E-state index contributed by atoms with van der Waals surface area (Å²) >= 11 is 6.28. The van der Waals surface area contributed by atoms with Crippen molar-refractivity contribution in [3.05, 3.63) is 45.5 Å². The van der Waals surface area contributed by atoms with Crippen molar-refractivity contribution in [2.75, 3.05) is 51.4 Å². The average Bonchev–Trinajstić information content (AvgIpc) is 3.32. The molecule has 0 amide bonds. The van der Waals surface area contributed by atoms with Crippen LogP contribution in [0.4, 0.5) is 18.9 Å². The van der Waals surface area contributed by atoms with Gasteiger partial charge in [-0.1, -0.05) is 11.6 Å². The molecular weight excluding hydrogens is 451 g/mol. The van der Waals surface area contributed by atoms with Crippen LogP contribution in [0.3, 0.4) is 0 Å². The van der Waals surface area contributed by atoms with Gasteiger partial charge in [0.15, 0.2) is 5.82 Å². The topological polar surface area (TPSA) is 81.5 Å². The van der Waals surface area contributed by atoms with Gasteiger partial charge in [0.1, 0.15) is 5.02 Å².